The lowest BCUT2D eigenvalue weighted by Crippen LogP contribution is -2.53. The topological polar surface area (TPSA) is 55.3 Å². The van der Waals surface area contributed by atoms with E-state index in [2.05, 4.69) is 15.2 Å². The summed E-state index contributed by atoms with van der Waals surface area (Å²) in [6.45, 7) is 1.93. The van der Waals surface area contributed by atoms with Gasteiger partial charge in [0.1, 0.15) is 11.9 Å². The Morgan fingerprint density at radius 2 is 2.07 bits per heavy atom. The van der Waals surface area contributed by atoms with E-state index in [0.29, 0.717) is 19.7 Å². The van der Waals surface area contributed by atoms with Crippen molar-refractivity contribution in [3.05, 3.63) is 29.8 Å². The van der Waals surface area contributed by atoms with Crippen LogP contribution in [0.3, 0.4) is 0 Å². The van der Waals surface area contributed by atoms with Crippen LogP contribution < -0.4 is 10.1 Å². The van der Waals surface area contributed by atoms with E-state index in [0.717, 1.165) is 37.5 Å². The van der Waals surface area contributed by atoms with E-state index in [1.165, 1.54) is 6.07 Å². The summed E-state index contributed by atoms with van der Waals surface area (Å²) in [4.78, 5) is 6.46. The molecule has 10 heteroatoms. The minimum Gasteiger partial charge on any atom is -0.484 e. The second-order valence-corrected chi connectivity index (χ2v) is 6.86. The van der Waals surface area contributed by atoms with Crippen LogP contribution in [0.5, 0.6) is 5.75 Å². The maximum absolute atomic E-state index is 12.3. The van der Waals surface area contributed by atoms with E-state index < -0.39 is 12.8 Å². The van der Waals surface area contributed by atoms with Crippen molar-refractivity contribution in [2.75, 3.05) is 40.0 Å². The Hall–Kier alpha value is -1.27. The number of alkyl halides is 3. The van der Waals surface area contributed by atoms with Crippen LogP contribution in [0.15, 0.2) is 29.3 Å². The van der Waals surface area contributed by atoms with Gasteiger partial charge < -0.3 is 24.4 Å². The van der Waals surface area contributed by atoms with Gasteiger partial charge in [-0.15, -0.1) is 24.0 Å². The van der Waals surface area contributed by atoms with Crippen molar-refractivity contribution >= 4 is 29.9 Å². The van der Waals surface area contributed by atoms with E-state index in [-0.39, 0.29) is 41.9 Å². The van der Waals surface area contributed by atoms with Gasteiger partial charge in [-0.1, -0.05) is 12.1 Å². The third-order valence-electron chi connectivity index (χ3n) is 4.74. The largest absolute Gasteiger partial charge is 0.484 e. The van der Waals surface area contributed by atoms with Gasteiger partial charge >= 0.3 is 6.18 Å². The van der Waals surface area contributed by atoms with Crippen molar-refractivity contribution in [2.24, 2.45) is 4.99 Å². The second-order valence-electron chi connectivity index (χ2n) is 6.86. The molecule has 1 aromatic rings. The Kier molecular flexibility index (Phi) is 9.28. The van der Waals surface area contributed by atoms with Gasteiger partial charge in [-0.25, -0.2) is 0 Å². The van der Waals surface area contributed by atoms with Gasteiger partial charge in [0.15, 0.2) is 12.6 Å². The molecule has 0 amide bonds. The lowest BCUT2D eigenvalue weighted by Gasteiger charge is -2.37. The average molecular weight is 529 g/mol. The zero-order valence-electron chi connectivity index (χ0n) is 16.3. The summed E-state index contributed by atoms with van der Waals surface area (Å²) in [5.41, 5.74) is 0.810. The van der Waals surface area contributed by atoms with Gasteiger partial charge in [-0.2, -0.15) is 13.2 Å². The molecule has 1 N–H and O–H groups in total. The van der Waals surface area contributed by atoms with Crippen LogP contribution in [0, 0.1) is 0 Å². The Balaban J connectivity index is 0.00000300. The van der Waals surface area contributed by atoms with Gasteiger partial charge in [0.2, 0.25) is 0 Å². The first-order valence-electron chi connectivity index (χ1n) is 9.42. The molecule has 1 aromatic carbocycles. The molecule has 3 rings (SSSR count). The van der Waals surface area contributed by atoms with E-state index in [4.69, 9.17) is 14.2 Å². The summed E-state index contributed by atoms with van der Waals surface area (Å²) in [5.74, 6) is 0.921. The van der Waals surface area contributed by atoms with E-state index >= 15 is 0 Å². The fourth-order valence-corrected chi connectivity index (χ4v) is 3.41. The summed E-state index contributed by atoms with van der Waals surface area (Å²) >= 11 is 0. The van der Waals surface area contributed by atoms with Gasteiger partial charge in [0, 0.05) is 33.3 Å². The summed E-state index contributed by atoms with van der Waals surface area (Å²) in [6.07, 6.45) is -2.14. The standard InChI is InChI=1S/C19H26F3N3O3.HI/c1-23-18(25-7-9-27-17(12-25)16-6-3-8-26-16)24-11-14-4-2-5-15(10-14)28-13-19(20,21)22;/h2,4-5,10,16-17H,3,6-9,11-13H2,1H3,(H,23,24);1H. The van der Waals surface area contributed by atoms with Crippen molar-refractivity contribution in [3.8, 4) is 5.75 Å². The maximum Gasteiger partial charge on any atom is 0.422 e. The van der Waals surface area contributed by atoms with Gasteiger partial charge in [-0.05, 0) is 30.5 Å². The van der Waals surface area contributed by atoms with E-state index in [1.807, 2.05) is 6.07 Å². The lowest BCUT2D eigenvalue weighted by atomic mass is 10.1. The van der Waals surface area contributed by atoms with Crippen molar-refractivity contribution < 1.29 is 27.4 Å². The summed E-state index contributed by atoms with van der Waals surface area (Å²) in [7, 11) is 1.71. The molecule has 2 heterocycles. The SMILES string of the molecule is CN=C(NCc1cccc(OCC(F)(F)F)c1)N1CCOC(C2CCCO2)C1.I. The molecule has 2 fully saturated rings. The molecule has 2 aliphatic heterocycles. The molecule has 0 bridgehead atoms. The summed E-state index contributed by atoms with van der Waals surface area (Å²) in [5, 5.41) is 3.27. The number of hydrogen-bond donors (Lipinski definition) is 1. The number of benzene rings is 1. The predicted octanol–water partition coefficient (Wildman–Crippen LogP) is 3.20. The van der Waals surface area contributed by atoms with E-state index in [9.17, 15) is 13.2 Å². The number of aliphatic imine (C=N–C) groups is 1. The third kappa shape index (κ3) is 7.49. The molecule has 2 unspecified atom stereocenters. The van der Waals surface area contributed by atoms with Crippen LogP contribution in [-0.4, -0.2) is 69.2 Å². The van der Waals surface area contributed by atoms with Crippen LogP contribution in [0.4, 0.5) is 13.2 Å². The van der Waals surface area contributed by atoms with Gasteiger partial charge in [0.25, 0.3) is 0 Å². The first kappa shape index (κ1) is 24.0. The highest BCUT2D eigenvalue weighted by molar-refractivity contribution is 14.0. The number of guanidine groups is 1. The highest BCUT2D eigenvalue weighted by atomic mass is 127. The normalized spacial score (nSPS) is 22.9. The van der Waals surface area contributed by atoms with Crippen LogP contribution in [-0.2, 0) is 16.0 Å². The molecule has 29 heavy (non-hydrogen) atoms. The molecule has 0 saturated carbocycles. The summed E-state index contributed by atoms with van der Waals surface area (Å²) < 4.78 is 53.3. The zero-order chi connectivity index (χ0) is 20.0. The number of halogens is 4. The Bertz CT molecular complexity index is 670. The van der Waals surface area contributed by atoms with Crippen LogP contribution in [0.2, 0.25) is 0 Å². The monoisotopic (exact) mass is 529 g/mol. The Morgan fingerprint density at radius 3 is 2.76 bits per heavy atom. The van der Waals surface area contributed by atoms with Gasteiger partial charge in [-0.3, -0.25) is 4.99 Å². The molecule has 0 radical (unpaired) electrons. The molecule has 0 aromatic heterocycles. The van der Waals surface area contributed by atoms with Crippen molar-refractivity contribution in [3.63, 3.8) is 0 Å². The number of morpholine rings is 1. The quantitative estimate of drug-likeness (QED) is 0.361. The lowest BCUT2D eigenvalue weighted by molar-refractivity contribution is -0.153. The smallest absolute Gasteiger partial charge is 0.422 e. The molecular formula is C19H27F3IN3O3. The van der Waals surface area contributed by atoms with Crippen LogP contribution >= 0.6 is 24.0 Å². The predicted molar refractivity (Wildman–Crippen MR) is 114 cm³/mol. The maximum atomic E-state index is 12.3. The highest BCUT2D eigenvalue weighted by Gasteiger charge is 2.32. The zero-order valence-corrected chi connectivity index (χ0v) is 18.6. The molecule has 6 nitrogen and oxygen atoms in total. The fourth-order valence-electron chi connectivity index (χ4n) is 3.41. The average Bonchev–Trinajstić information content (AvgIpc) is 3.22. The molecule has 2 saturated heterocycles. The molecule has 2 atom stereocenters. The number of nitrogens with zero attached hydrogens (tertiary/aromatic N) is 2. The van der Waals surface area contributed by atoms with Gasteiger partial charge in [0.05, 0.1) is 12.7 Å². The number of nitrogens with one attached hydrogen (secondary N) is 1. The fraction of sp³-hybridized carbons (Fsp3) is 0.632. The minimum absolute atomic E-state index is 0. The highest BCUT2D eigenvalue weighted by Crippen LogP contribution is 2.22. The first-order chi connectivity index (χ1) is 13.4. The van der Waals surface area contributed by atoms with Crippen molar-refractivity contribution in [2.45, 2.75) is 37.8 Å². The molecule has 2 aliphatic rings. The van der Waals surface area contributed by atoms with Crippen LogP contribution in [0.25, 0.3) is 0 Å². The first-order valence-corrected chi connectivity index (χ1v) is 9.42. The van der Waals surface area contributed by atoms with Crippen LogP contribution in [0.1, 0.15) is 18.4 Å². The number of ether oxygens (including phenoxy) is 3. The Morgan fingerprint density at radius 1 is 1.28 bits per heavy atom. The summed E-state index contributed by atoms with van der Waals surface area (Å²) in [6, 6.07) is 6.61. The number of hydrogen-bond acceptors (Lipinski definition) is 4. The second kappa shape index (κ2) is 11.2. The molecule has 164 valence electrons. The molecule has 0 spiro atoms. The van der Waals surface area contributed by atoms with Crippen molar-refractivity contribution in [1.82, 2.24) is 10.2 Å². The molecule has 0 aliphatic carbocycles. The van der Waals surface area contributed by atoms with Crippen molar-refractivity contribution in [1.29, 1.82) is 0 Å². The third-order valence-corrected chi connectivity index (χ3v) is 4.74. The van der Waals surface area contributed by atoms with E-state index in [1.54, 1.807) is 19.2 Å². The minimum atomic E-state index is -4.35. The number of rotatable bonds is 5. The Labute approximate surface area is 185 Å². The molecular weight excluding hydrogens is 502 g/mol.